The van der Waals surface area contributed by atoms with Crippen molar-refractivity contribution < 1.29 is 0 Å². The molecule has 0 saturated heterocycles. The van der Waals surface area contributed by atoms with Crippen molar-refractivity contribution in [2.75, 3.05) is 0 Å². The summed E-state index contributed by atoms with van der Waals surface area (Å²) in [5, 5.41) is 5.41. The lowest BCUT2D eigenvalue weighted by Gasteiger charge is -2.18. The fourth-order valence-corrected chi connectivity index (χ4v) is 7.15. The predicted molar refractivity (Wildman–Crippen MR) is 150 cm³/mol. The normalized spacial score (nSPS) is 12.2. The second-order valence-electron chi connectivity index (χ2n) is 10.4. The van der Waals surface area contributed by atoms with Gasteiger partial charge in [0, 0.05) is 16.6 Å². The number of aryl methyl sites for hydroxylation is 1. The van der Waals surface area contributed by atoms with Crippen LogP contribution in [0, 0.1) is 6.92 Å². The Kier molecular flexibility index (Phi) is 5.50. The number of aromatic nitrogens is 1. The minimum Gasteiger partial charge on any atom is -0.255 e. The van der Waals surface area contributed by atoms with Crippen molar-refractivity contribution in [2.24, 2.45) is 0 Å². The number of pyridine rings is 1. The van der Waals surface area contributed by atoms with Crippen LogP contribution in [0.5, 0.6) is 0 Å². The average molecular weight is 466 g/mol. The topological polar surface area (TPSA) is 12.9 Å². The van der Waals surface area contributed by atoms with Crippen molar-refractivity contribution in [1.29, 1.82) is 0 Å². The highest BCUT2D eigenvalue weighted by Gasteiger charge is 2.19. The Labute approximate surface area is 202 Å². The van der Waals surface area contributed by atoms with Gasteiger partial charge in [-0.3, -0.25) is 4.98 Å². The second-order valence-corrected chi connectivity index (χ2v) is 16.5. The van der Waals surface area contributed by atoms with Crippen molar-refractivity contribution in [3.63, 3.8) is 0 Å². The number of nitrogens with zero attached hydrogens (tertiary/aromatic N) is 1. The minimum atomic E-state index is -1.32. The molecule has 0 aliphatic carbocycles. The summed E-state index contributed by atoms with van der Waals surface area (Å²) in [5.74, 6) is 0.459. The van der Waals surface area contributed by atoms with Gasteiger partial charge in [0.25, 0.3) is 0 Å². The highest BCUT2D eigenvalue weighted by Crippen LogP contribution is 2.40. The van der Waals surface area contributed by atoms with Crippen LogP contribution in [0.25, 0.3) is 42.6 Å². The minimum absolute atomic E-state index is 0.459. The lowest BCUT2D eigenvalue weighted by atomic mass is 9.92. The lowest BCUT2D eigenvalue weighted by Crippen LogP contribution is -2.37. The van der Waals surface area contributed by atoms with Crippen LogP contribution < -0.4 is 5.19 Å². The van der Waals surface area contributed by atoms with Gasteiger partial charge in [-0.15, -0.1) is 11.3 Å². The van der Waals surface area contributed by atoms with Gasteiger partial charge in [-0.25, -0.2) is 0 Å². The van der Waals surface area contributed by atoms with Gasteiger partial charge in [-0.2, -0.15) is 0 Å². The van der Waals surface area contributed by atoms with Crippen LogP contribution in [0.3, 0.4) is 0 Å². The van der Waals surface area contributed by atoms with Gasteiger partial charge < -0.3 is 0 Å². The molecular weight excluding hydrogens is 434 g/mol. The van der Waals surface area contributed by atoms with E-state index >= 15 is 0 Å². The smallest absolute Gasteiger partial charge is 0.0880 e. The Morgan fingerprint density at radius 1 is 0.848 bits per heavy atom. The van der Waals surface area contributed by atoms with Gasteiger partial charge >= 0.3 is 0 Å². The quantitative estimate of drug-likeness (QED) is 0.242. The third kappa shape index (κ3) is 4.05. The summed E-state index contributed by atoms with van der Waals surface area (Å²) in [6.45, 7) is 14.0. The molecule has 0 N–H and O–H groups in total. The van der Waals surface area contributed by atoms with E-state index < -0.39 is 8.07 Å². The molecule has 0 aliphatic heterocycles. The van der Waals surface area contributed by atoms with Gasteiger partial charge in [-0.1, -0.05) is 81.1 Å². The van der Waals surface area contributed by atoms with Crippen molar-refractivity contribution in [3.05, 3.63) is 84.1 Å². The van der Waals surface area contributed by atoms with E-state index in [0.717, 1.165) is 5.69 Å². The monoisotopic (exact) mass is 465 g/mol. The Balaban J connectivity index is 1.67. The van der Waals surface area contributed by atoms with Crippen LogP contribution in [0.4, 0.5) is 0 Å². The van der Waals surface area contributed by atoms with Crippen molar-refractivity contribution in [1.82, 2.24) is 4.98 Å². The van der Waals surface area contributed by atoms with Crippen LogP contribution in [0.2, 0.25) is 19.6 Å². The zero-order chi connectivity index (χ0) is 23.3. The molecule has 33 heavy (non-hydrogen) atoms. The largest absolute Gasteiger partial charge is 0.255 e. The second kappa shape index (κ2) is 8.23. The first-order chi connectivity index (χ1) is 15.7. The zero-order valence-corrected chi connectivity index (χ0v) is 22.2. The van der Waals surface area contributed by atoms with Crippen LogP contribution in [-0.2, 0) is 0 Å². The Hall–Kier alpha value is -2.75. The molecule has 0 amide bonds. The third-order valence-electron chi connectivity index (χ3n) is 6.58. The standard InChI is InChI=1S/C30H31NSSi/c1-19(2)27-17-23(16-21-9-7-8-10-26(21)27)29-30-22(13-14-31-29)18-28(32-30)25-12-11-24(15-20(25)3)33(4,5)6/h7-19H,1-6H3. The molecule has 1 nitrogen and oxygen atoms in total. The van der Waals surface area contributed by atoms with E-state index in [1.165, 1.54) is 53.2 Å². The van der Waals surface area contributed by atoms with E-state index in [4.69, 9.17) is 4.98 Å². The maximum absolute atomic E-state index is 4.88. The summed E-state index contributed by atoms with van der Waals surface area (Å²) < 4.78 is 1.27. The zero-order valence-electron chi connectivity index (χ0n) is 20.4. The molecule has 2 aromatic heterocycles. The first-order valence-electron chi connectivity index (χ1n) is 11.8. The van der Waals surface area contributed by atoms with Crippen LogP contribution >= 0.6 is 11.3 Å². The highest BCUT2D eigenvalue weighted by atomic mass is 32.1. The maximum atomic E-state index is 4.88. The number of fused-ring (bicyclic) bond motifs is 2. The van der Waals surface area contributed by atoms with E-state index in [-0.39, 0.29) is 0 Å². The maximum Gasteiger partial charge on any atom is 0.0880 e. The summed E-state index contributed by atoms with van der Waals surface area (Å²) in [7, 11) is -1.32. The molecule has 0 fully saturated rings. The SMILES string of the molecule is Cc1cc([Si](C)(C)C)ccc1-c1cc2ccnc(-c3cc(C(C)C)c4ccccc4c3)c2s1. The fourth-order valence-electron chi connectivity index (χ4n) is 4.66. The van der Waals surface area contributed by atoms with E-state index in [2.05, 4.69) is 107 Å². The molecule has 5 aromatic rings. The number of hydrogen-bond acceptors (Lipinski definition) is 2. The first kappa shape index (κ1) is 22.1. The van der Waals surface area contributed by atoms with Gasteiger partial charge in [0.1, 0.15) is 0 Å². The summed E-state index contributed by atoms with van der Waals surface area (Å²) in [6.07, 6.45) is 1.96. The molecule has 5 rings (SSSR count). The van der Waals surface area contributed by atoms with Crippen LogP contribution in [0.1, 0.15) is 30.9 Å². The number of thiophene rings is 1. The van der Waals surface area contributed by atoms with Crippen molar-refractivity contribution in [2.45, 2.75) is 46.3 Å². The molecule has 0 aliphatic rings. The summed E-state index contributed by atoms with van der Waals surface area (Å²) >= 11 is 1.87. The van der Waals surface area contributed by atoms with Crippen LogP contribution in [-0.4, -0.2) is 13.1 Å². The lowest BCUT2D eigenvalue weighted by molar-refractivity contribution is 0.876. The fraction of sp³-hybridized carbons (Fsp3) is 0.233. The molecule has 3 heteroatoms. The molecule has 0 atom stereocenters. The van der Waals surface area contributed by atoms with E-state index in [0.29, 0.717) is 5.92 Å². The Morgan fingerprint density at radius 2 is 1.64 bits per heavy atom. The molecule has 3 aromatic carbocycles. The van der Waals surface area contributed by atoms with E-state index in [1.54, 1.807) is 0 Å². The molecule has 0 radical (unpaired) electrons. The molecule has 0 saturated carbocycles. The first-order valence-corrected chi connectivity index (χ1v) is 16.1. The molecule has 0 bridgehead atoms. The van der Waals surface area contributed by atoms with Crippen molar-refractivity contribution in [3.8, 4) is 21.7 Å². The highest BCUT2D eigenvalue weighted by molar-refractivity contribution is 7.22. The van der Waals surface area contributed by atoms with Crippen LogP contribution in [0.15, 0.2) is 72.9 Å². The van der Waals surface area contributed by atoms with Gasteiger partial charge in [-0.05, 0) is 70.0 Å². The van der Waals surface area contributed by atoms with Gasteiger partial charge in [0.2, 0.25) is 0 Å². The number of benzene rings is 3. The summed E-state index contributed by atoms with van der Waals surface area (Å²) in [6, 6.07) is 24.9. The summed E-state index contributed by atoms with van der Waals surface area (Å²) in [4.78, 5) is 6.20. The van der Waals surface area contributed by atoms with Gasteiger partial charge in [0.05, 0.1) is 18.5 Å². The van der Waals surface area contributed by atoms with E-state index in [1.807, 2.05) is 17.5 Å². The predicted octanol–water partition coefficient (Wildman–Crippen LogP) is 8.76. The summed E-state index contributed by atoms with van der Waals surface area (Å²) in [5.41, 5.74) is 6.39. The molecule has 166 valence electrons. The Bertz CT molecular complexity index is 1490. The number of rotatable bonds is 4. The number of hydrogen-bond donors (Lipinski definition) is 0. The van der Waals surface area contributed by atoms with Gasteiger partial charge in [0.15, 0.2) is 0 Å². The third-order valence-corrected chi connectivity index (χ3v) is 9.81. The molecular formula is C30H31NSSi. The van der Waals surface area contributed by atoms with Crippen molar-refractivity contribution >= 4 is 45.5 Å². The average Bonchev–Trinajstić information content (AvgIpc) is 3.21. The van der Waals surface area contributed by atoms with E-state index in [9.17, 15) is 0 Å². The Morgan fingerprint density at radius 3 is 2.36 bits per heavy atom. The molecule has 0 spiro atoms. The molecule has 2 heterocycles. The molecule has 0 unspecified atom stereocenters.